The van der Waals surface area contributed by atoms with E-state index in [1.54, 1.807) is 0 Å². The molecular weight excluding hydrogens is 258 g/mol. The number of aliphatic hydroxyl groups is 1. The fourth-order valence-electron chi connectivity index (χ4n) is 1.82. The van der Waals surface area contributed by atoms with Crippen molar-refractivity contribution in [3.63, 3.8) is 0 Å². The number of halogens is 1. The summed E-state index contributed by atoms with van der Waals surface area (Å²) >= 11 is 5.92. The van der Waals surface area contributed by atoms with Crippen LogP contribution < -0.4 is 10.9 Å². The van der Waals surface area contributed by atoms with E-state index < -0.39 is 5.60 Å². The lowest BCUT2D eigenvalue weighted by atomic mass is 9.94. The van der Waals surface area contributed by atoms with Crippen LogP contribution in [0.15, 0.2) is 11.0 Å². The van der Waals surface area contributed by atoms with Crippen LogP contribution in [-0.4, -0.2) is 40.2 Å². The third-order valence-corrected chi connectivity index (χ3v) is 3.47. The first-order valence-electron chi connectivity index (χ1n) is 5.78. The van der Waals surface area contributed by atoms with E-state index in [1.165, 1.54) is 13.2 Å². The van der Waals surface area contributed by atoms with Gasteiger partial charge >= 0.3 is 0 Å². The second-order valence-electron chi connectivity index (χ2n) is 4.49. The molecule has 0 saturated carbocycles. The molecule has 1 aliphatic rings. The van der Waals surface area contributed by atoms with Crippen molar-refractivity contribution in [3.8, 4) is 0 Å². The molecule has 100 valence electrons. The molecule has 0 amide bonds. The Morgan fingerprint density at radius 1 is 1.61 bits per heavy atom. The molecule has 1 aliphatic heterocycles. The van der Waals surface area contributed by atoms with Crippen LogP contribution in [0.2, 0.25) is 5.02 Å². The summed E-state index contributed by atoms with van der Waals surface area (Å²) in [7, 11) is 1.53. The van der Waals surface area contributed by atoms with E-state index >= 15 is 0 Å². The van der Waals surface area contributed by atoms with Crippen molar-refractivity contribution in [1.29, 1.82) is 0 Å². The second kappa shape index (κ2) is 5.26. The molecule has 1 aromatic heterocycles. The van der Waals surface area contributed by atoms with Crippen LogP contribution in [0, 0.1) is 0 Å². The maximum absolute atomic E-state index is 11.6. The molecule has 1 fully saturated rings. The molecule has 0 aromatic carbocycles. The summed E-state index contributed by atoms with van der Waals surface area (Å²) in [5.41, 5.74) is -0.733. The van der Waals surface area contributed by atoms with Crippen LogP contribution in [0.5, 0.6) is 0 Å². The molecule has 2 N–H and O–H groups in total. The zero-order chi connectivity index (χ0) is 13.2. The first-order chi connectivity index (χ1) is 8.52. The average Bonchev–Trinajstić information content (AvgIpc) is 2.36. The Morgan fingerprint density at radius 3 is 2.94 bits per heavy atom. The van der Waals surface area contributed by atoms with E-state index in [-0.39, 0.29) is 10.6 Å². The topological polar surface area (TPSA) is 76.4 Å². The van der Waals surface area contributed by atoms with E-state index in [1.807, 2.05) is 0 Å². The highest BCUT2D eigenvalue weighted by atomic mass is 35.5. The quantitative estimate of drug-likeness (QED) is 0.833. The molecule has 0 aliphatic carbocycles. The van der Waals surface area contributed by atoms with Crippen molar-refractivity contribution in [1.82, 2.24) is 9.78 Å². The monoisotopic (exact) mass is 273 g/mol. The summed E-state index contributed by atoms with van der Waals surface area (Å²) in [4.78, 5) is 11.6. The van der Waals surface area contributed by atoms with Gasteiger partial charge in [0.25, 0.3) is 5.56 Å². The van der Waals surface area contributed by atoms with Gasteiger partial charge in [-0.15, -0.1) is 0 Å². The predicted octanol–water partition coefficient (Wildman–Crippen LogP) is 0.387. The molecule has 0 bridgehead atoms. The van der Waals surface area contributed by atoms with Crippen LogP contribution in [0.3, 0.4) is 0 Å². The van der Waals surface area contributed by atoms with E-state index in [9.17, 15) is 9.90 Å². The molecule has 0 unspecified atom stereocenters. The summed E-state index contributed by atoms with van der Waals surface area (Å²) in [5, 5.41) is 17.2. The summed E-state index contributed by atoms with van der Waals surface area (Å²) in [6, 6.07) is 0. The van der Waals surface area contributed by atoms with Gasteiger partial charge in [0.2, 0.25) is 0 Å². The predicted molar refractivity (Wildman–Crippen MR) is 68.0 cm³/mol. The Kier molecular flexibility index (Phi) is 3.89. The molecule has 0 atom stereocenters. The van der Waals surface area contributed by atoms with Crippen molar-refractivity contribution < 1.29 is 9.84 Å². The number of aromatic nitrogens is 2. The Balaban J connectivity index is 2.06. The fraction of sp³-hybridized carbons (Fsp3) is 0.636. The van der Waals surface area contributed by atoms with Gasteiger partial charge < -0.3 is 15.2 Å². The van der Waals surface area contributed by atoms with Gasteiger partial charge in [-0.05, 0) is 0 Å². The smallest absolute Gasteiger partial charge is 0.287 e. The lowest BCUT2D eigenvalue weighted by Crippen LogP contribution is -2.42. The lowest BCUT2D eigenvalue weighted by Gasteiger charge is -2.32. The normalized spacial score (nSPS) is 18.6. The Bertz CT molecular complexity index is 483. The molecule has 0 radical (unpaired) electrons. The highest BCUT2D eigenvalue weighted by Gasteiger charge is 2.29. The van der Waals surface area contributed by atoms with Gasteiger partial charge in [0.05, 0.1) is 17.5 Å². The number of rotatable bonds is 3. The van der Waals surface area contributed by atoms with Crippen molar-refractivity contribution in [2.45, 2.75) is 18.4 Å². The minimum absolute atomic E-state index is 0.0863. The second-order valence-corrected chi connectivity index (χ2v) is 4.87. The van der Waals surface area contributed by atoms with E-state index in [0.29, 0.717) is 38.3 Å². The molecule has 18 heavy (non-hydrogen) atoms. The third kappa shape index (κ3) is 2.82. The minimum atomic E-state index is -0.817. The number of hydrogen-bond acceptors (Lipinski definition) is 5. The lowest BCUT2D eigenvalue weighted by molar-refractivity contribution is -0.0543. The number of ether oxygens (including phenoxy) is 1. The molecule has 2 rings (SSSR count). The van der Waals surface area contributed by atoms with E-state index in [2.05, 4.69) is 10.4 Å². The van der Waals surface area contributed by atoms with Crippen LogP contribution in [0.25, 0.3) is 0 Å². The maximum Gasteiger partial charge on any atom is 0.287 e. The Labute approximate surface area is 110 Å². The van der Waals surface area contributed by atoms with Gasteiger partial charge in [0.15, 0.2) is 0 Å². The summed E-state index contributed by atoms with van der Waals surface area (Å²) < 4.78 is 6.36. The molecule has 0 spiro atoms. The van der Waals surface area contributed by atoms with Gasteiger partial charge in [0.1, 0.15) is 5.02 Å². The van der Waals surface area contributed by atoms with Gasteiger partial charge in [0, 0.05) is 39.6 Å². The van der Waals surface area contributed by atoms with Crippen molar-refractivity contribution in [2.75, 3.05) is 25.1 Å². The molecule has 1 aromatic rings. The van der Waals surface area contributed by atoms with E-state index in [0.717, 1.165) is 4.68 Å². The molecule has 7 heteroatoms. The first-order valence-corrected chi connectivity index (χ1v) is 6.15. The number of hydrogen-bond donors (Lipinski definition) is 2. The molecule has 1 saturated heterocycles. The van der Waals surface area contributed by atoms with Gasteiger partial charge in [-0.2, -0.15) is 5.10 Å². The van der Waals surface area contributed by atoms with Crippen LogP contribution >= 0.6 is 11.6 Å². The van der Waals surface area contributed by atoms with Crippen molar-refractivity contribution in [2.24, 2.45) is 7.05 Å². The number of aryl methyl sites for hydroxylation is 1. The van der Waals surface area contributed by atoms with Crippen LogP contribution in [-0.2, 0) is 11.8 Å². The summed E-state index contributed by atoms with van der Waals surface area (Å²) in [5.74, 6) is 0. The number of nitrogens with one attached hydrogen (secondary N) is 1. The Morgan fingerprint density at radius 2 is 2.28 bits per heavy atom. The molecular formula is C11H16ClN3O3. The van der Waals surface area contributed by atoms with Gasteiger partial charge in [-0.25, -0.2) is 4.68 Å². The summed E-state index contributed by atoms with van der Waals surface area (Å²) in [6.07, 6.45) is 2.61. The van der Waals surface area contributed by atoms with Crippen molar-refractivity contribution in [3.05, 3.63) is 21.6 Å². The summed E-state index contributed by atoms with van der Waals surface area (Å²) in [6.45, 7) is 1.41. The van der Waals surface area contributed by atoms with Crippen molar-refractivity contribution >= 4 is 17.3 Å². The minimum Gasteiger partial charge on any atom is -0.388 e. The zero-order valence-electron chi connectivity index (χ0n) is 10.1. The molecule has 2 heterocycles. The van der Waals surface area contributed by atoms with Crippen LogP contribution in [0.4, 0.5) is 5.69 Å². The molecule has 6 nitrogen and oxygen atoms in total. The average molecular weight is 274 g/mol. The number of anilines is 1. The highest BCUT2D eigenvalue weighted by molar-refractivity contribution is 6.32. The van der Waals surface area contributed by atoms with Crippen LogP contribution in [0.1, 0.15) is 12.8 Å². The third-order valence-electron chi connectivity index (χ3n) is 3.11. The maximum atomic E-state index is 11.6. The SMILES string of the molecule is Cn1ncc(NCC2(O)CCOCC2)c(Cl)c1=O. The van der Waals surface area contributed by atoms with E-state index in [4.69, 9.17) is 16.3 Å². The number of nitrogens with zero attached hydrogens (tertiary/aromatic N) is 2. The van der Waals surface area contributed by atoms with Gasteiger partial charge in [-0.3, -0.25) is 4.79 Å². The Hall–Kier alpha value is -1.11. The highest BCUT2D eigenvalue weighted by Crippen LogP contribution is 2.22. The fourth-order valence-corrected chi connectivity index (χ4v) is 2.06. The largest absolute Gasteiger partial charge is 0.388 e. The zero-order valence-corrected chi connectivity index (χ0v) is 10.9. The van der Waals surface area contributed by atoms with Gasteiger partial charge in [-0.1, -0.05) is 11.6 Å². The first kappa shape index (κ1) is 13.3. The standard InChI is InChI=1S/C11H16ClN3O3/c1-15-10(16)9(12)8(6-14-15)13-7-11(17)2-4-18-5-3-11/h6,13,17H,2-5,7H2,1H3.